The van der Waals surface area contributed by atoms with Crippen LogP contribution in [-0.2, 0) is 10.0 Å². The molecule has 1 atom stereocenters. The zero-order valence-corrected chi connectivity index (χ0v) is 13.7. The number of aromatic nitrogens is 1. The van der Waals surface area contributed by atoms with E-state index in [1.807, 2.05) is 13.8 Å². The van der Waals surface area contributed by atoms with Crippen molar-refractivity contribution < 1.29 is 17.3 Å². The Kier molecular flexibility index (Phi) is 4.67. The summed E-state index contributed by atoms with van der Waals surface area (Å²) in [5, 5.41) is 3.68. The van der Waals surface area contributed by atoms with Gasteiger partial charge in [0.25, 0.3) is 0 Å². The van der Waals surface area contributed by atoms with E-state index in [9.17, 15) is 12.8 Å². The van der Waals surface area contributed by atoms with E-state index in [4.69, 9.17) is 4.52 Å². The van der Waals surface area contributed by atoms with Crippen LogP contribution in [0.4, 0.5) is 4.39 Å². The Morgan fingerprint density at radius 2 is 1.77 bits per heavy atom. The number of hydrogen-bond donors (Lipinski definition) is 1. The predicted molar refractivity (Wildman–Crippen MR) is 80.3 cm³/mol. The second-order valence-electron chi connectivity index (χ2n) is 5.55. The van der Waals surface area contributed by atoms with Gasteiger partial charge in [-0.3, -0.25) is 0 Å². The SMILES string of the molecule is Cc1noc(C)c1S(=O)(=O)NC(c1ccc(F)cc1)C(C)C. The first-order valence-corrected chi connectivity index (χ1v) is 8.41. The number of halogens is 1. The van der Waals surface area contributed by atoms with Crippen LogP contribution in [0.2, 0.25) is 0 Å². The fraction of sp³-hybridized carbons (Fsp3) is 0.400. The standard InChI is InChI=1S/C15H19FN2O3S/c1-9(2)14(12-5-7-13(16)8-6-12)18-22(19,20)15-10(3)17-21-11(15)4/h5-9,14,18H,1-4H3. The maximum atomic E-state index is 13.1. The molecule has 0 radical (unpaired) electrons. The van der Waals surface area contributed by atoms with E-state index < -0.39 is 16.1 Å². The first-order chi connectivity index (χ1) is 10.2. The van der Waals surface area contributed by atoms with Gasteiger partial charge in [0, 0.05) is 6.04 Å². The van der Waals surface area contributed by atoms with Crippen molar-refractivity contribution in [3.63, 3.8) is 0 Å². The molecule has 0 amide bonds. The first-order valence-electron chi connectivity index (χ1n) is 6.93. The lowest BCUT2D eigenvalue weighted by Gasteiger charge is -2.22. The second-order valence-corrected chi connectivity index (χ2v) is 7.20. The van der Waals surface area contributed by atoms with E-state index in [2.05, 4.69) is 9.88 Å². The Morgan fingerprint density at radius 3 is 2.23 bits per heavy atom. The third-order valence-electron chi connectivity index (χ3n) is 3.41. The van der Waals surface area contributed by atoms with Gasteiger partial charge < -0.3 is 4.52 Å². The van der Waals surface area contributed by atoms with Crippen LogP contribution in [0.15, 0.2) is 33.7 Å². The van der Waals surface area contributed by atoms with Crippen molar-refractivity contribution in [3.05, 3.63) is 47.1 Å². The number of benzene rings is 1. The molecular formula is C15H19FN2O3S. The van der Waals surface area contributed by atoms with Crippen molar-refractivity contribution in [2.45, 2.75) is 38.6 Å². The van der Waals surface area contributed by atoms with E-state index in [1.165, 1.54) is 12.1 Å². The van der Waals surface area contributed by atoms with Crippen molar-refractivity contribution in [2.24, 2.45) is 5.92 Å². The summed E-state index contributed by atoms with van der Waals surface area (Å²) in [5.41, 5.74) is 1.01. The van der Waals surface area contributed by atoms with Crippen LogP contribution in [0.5, 0.6) is 0 Å². The van der Waals surface area contributed by atoms with Gasteiger partial charge in [-0.05, 0) is 37.5 Å². The van der Waals surface area contributed by atoms with Crippen LogP contribution in [0.25, 0.3) is 0 Å². The topological polar surface area (TPSA) is 72.2 Å². The highest BCUT2D eigenvalue weighted by atomic mass is 32.2. The van der Waals surface area contributed by atoms with Gasteiger partial charge in [0.1, 0.15) is 16.4 Å². The van der Waals surface area contributed by atoms with E-state index in [0.717, 1.165) is 0 Å². The Hall–Kier alpha value is -1.73. The molecule has 0 bridgehead atoms. The summed E-state index contributed by atoms with van der Waals surface area (Å²) < 4.78 is 45.9. The third kappa shape index (κ3) is 3.36. The fourth-order valence-corrected chi connectivity index (χ4v) is 4.05. The van der Waals surface area contributed by atoms with Crippen LogP contribution < -0.4 is 4.72 Å². The number of rotatable bonds is 5. The molecule has 1 aromatic heterocycles. The molecular weight excluding hydrogens is 307 g/mol. The van der Waals surface area contributed by atoms with Gasteiger partial charge in [0.05, 0.1) is 0 Å². The normalized spacial score (nSPS) is 13.5. The minimum atomic E-state index is -3.78. The summed E-state index contributed by atoms with van der Waals surface area (Å²) in [6.45, 7) is 6.91. The number of aryl methyl sites for hydroxylation is 2. The lowest BCUT2D eigenvalue weighted by molar-refractivity contribution is 0.390. The third-order valence-corrected chi connectivity index (χ3v) is 5.10. The molecule has 0 fully saturated rings. The molecule has 120 valence electrons. The van der Waals surface area contributed by atoms with Crippen LogP contribution in [-0.4, -0.2) is 13.6 Å². The van der Waals surface area contributed by atoms with Gasteiger partial charge >= 0.3 is 0 Å². The van der Waals surface area contributed by atoms with Gasteiger partial charge in [-0.15, -0.1) is 0 Å². The molecule has 7 heteroatoms. The monoisotopic (exact) mass is 326 g/mol. The van der Waals surface area contributed by atoms with Gasteiger partial charge in [-0.25, -0.2) is 17.5 Å². The number of hydrogen-bond acceptors (Lipinski definition) is 4. The molecule has 2 rings (SSSR count). The van der Waals surface area contributed by atoms with Crippen molar-refractivity contribution in [2.75, 3.05) is 0 Å². The highest BCUT2D eigenvalue weighted by Crippen LogP contribution is 2.26. The zero-order chi connectivity index (χ0) is 16.5. The lowest BCUT2D eigenvalue weighted by Crippen LogP contribution is -2.32. The average Bonchev–Trinajstić information content (AvgIpc) is 2.77. The Labute approximate surface area is 129 Å². The summed E-state index contributed by atoms with van der Waals surface area (Å²) >= 11 is 0. The zero-order valence-electron chi connectivity index (χ0n) is 12.9. The molecule has 1 unspecified atom stereocenters. The highest BCUT2D eigenvalue weighted by molar-refractivity contribution is 7.89. The molecule has 0 aliphatic heterocycles. The smallest absolute Gasteiger partial charge is 0.246 e. The van der Waals surface area contributed by atoms with Crippen LogP contribution >= 0.6 is 0 Å². The van der Waals surface area contributed by atoms with Crippen LogP contribution in [0.3, 0.4) is 0 Å². The molecule has 0 aliphatic carbocycles. The summed E-state index contributed by atoms with van der Waals surface area (Å²) in [4.78, 5) is 0.0558. The minimum Gasteiger partial charge on any atom is -0.360 e. The van der Waals surface area contributed by atoms with Gasteiger partial charge in [-0.1, -0.05) is 31.1 Å². The van der Waals surface area contributed by atoms with Gasteiger partial charge in [0.15, 0.2) is 5.76 Å². The molecule has 0 spiro atoms. The average molecular weight is 326 g/mol. The van der Waals surface area contributed by atoms with Crippen molar-refractivity contribution in [1.82, 2.24) is 9.88 Å². The molecule has 1 heterocycles. The number of nitrogens with zero attached hydrogens (tertiary/aromatic N) is 1. The van der Waals surface area contributed by atoms with E-state index in [1.54, 1.807) is 26.0 Å². The summed E-state index contributed by atoms with van der Waals surface area (Å²) in [6.07, 6.45) is 0. The minimum absolute atomic E-state index is 0.0132. The lowest BCUT2D eigenvalue weighted by atomic mass is 9.97. The van der Waals surface area contributed by atoms with Crippen molar-refractivity contribution in [3.8, 4) is 0 Å². The maximum Gasteiger partial charge on any atom is 0.246 e. The predicted octanol–water partition coefficient (Wildman–Crippen LogP) is 3.11. The first kappa shape index (κ1) is 16.6. The number of nitrogens with one attached hydrogen (secondary N) is 1. The van der Waals surface area contributed by atoms with Crippen LogP contribution in [0, 0.1) is 25.6 Å². The molecule has 1 N–H and O–H groups in total. The molecule has 2 aromatic rings. The number of sulfonamides is 1. The van der Waals surface area contributed by atoms with Gasteiger partial charge in [0.2, 0.25) is 10.0 Å². The van der Waals surface area contributed by atoms with E-state index >= 15 is 0 Å². The second kappa shape index (κ2) is 6.18. The largest absolute Gasteiger partial charge is 0.360 e. The van der Waals surface area contributed by atoms with Crippen LogP contribution in [0.1, 0.15) is 36.9 Å². The Morgan fingerprint density at radius 1 is 1.18 bits per heavy atom. The molecule has 0 saturated carbocycles. The van der Waals surface area contributed by atoms with Crippen molar-refractivity contribution >= 4 is 10.0 Å². The fourth-order valence-electron chi connectivity index (χ4n) is 2.34. The molecule has 0 aliphatic rings. The maximum absolute atomic E-state index is 13.1. The Bertz CT molecular complexity index is 732. The molecule has 5 nitrogen and oxygen atoms in total. The molecule has 22 heavy (non-hydrogen) atoms. The summed E-state index contributed by atoms with van der Waals surface area (Å²) in [7, 11) is -3.78. The van der Waals surface area contributed by atoms with E-state index in [-0.39, 0.29) is 22.4 Å². The summed E-state index contributed by atoms with van der Waals surface area (Å²) in [5.74, 6) is -0.132. The van der Waals surface area contributed by atoms with Crippen molar-refractivity contribution in [1.29, 1.82) is 0 Å². The summed E-state index contributed by atoms with van der Waals surface area (Å²) in [6, 6.07) is 5.31. The Balaban J connectivity index is 2.38. The highest BCUT2D eigenvalue weighted by Gasteiger charge is 2.29. The quantitative estimate of drug-likeness (QED) is 0.916. The van der Waals surface area contributed by atoms with E-state index in [0.29, 0.717) is 11.3 Å². The van der Waals surface area contributed by atoms with Gasteiger partial charge in [-0.2, -0.15) is 0 Å². The molecule has 0 saturated heterocycles. The molecule has 1 aromatic carbocycles.